The Morgan fingerprint density at radius 3 is 2.80 bits per heavy atom. The molecule has 0 unspecified atom stereocenters. The summed E-state index contributed by atoms with van der Waals surface area (Å²) in [6.07, 6.45) is 8.07. The number of thiazole rings is 1. The Bertz CT molecular complexity index is 767. The maximum Gasteiger partial charge on any atom is 0.263 e. The molecule has 0 saturated heterocycles. The number of aryl methyl sites for hydroxylation is 1. The first-order valence-electron chi connectivity index (χ1n) is 8.58. The first-order chi connectivity index (χ1) is 12.1. The lowest BCUT2D eigenvalue weighted by atomic mass is 9.97. The second-order valence-electron chi connectivity index (χ2n) is 6.18. The fourth-order valence-corrected chi connectivity index (χ4v) is 3.77. The SMILES string of the molecule is Cc1nc(Nc2ccc(F)cc2)sc1C(=O)NCCC1=CCCCC1. The van der Waals surface area contributed by atoms with Crippen molar-refractivity contribution in [2.45, 2.75) is 39.0 Å². The monoisotopic (exact) mass is 359 g/mol. The second-order valence-corrected chi connectivity index (χ2v) is 7.18. The molecule has 25 heavy (non-hydrogen) atoms. The maximum absolute atomic E-state index is 13.0. The highest BCUT2D eigenvalue weighted by molar-refractivity contribution is 7.17. The summed E-state index contributed by atoms with van der Waals surface area (Å²) in [5, 5.41) is 6.72. The van der Waals surface area contributed by atoms with Gasteiger partial charge in [-0.05, 0) is 63.3 Å². The van der Waals surface area contributed by atoms with Crippen molar-refractivity contribution in [2.24, 2.45) is 0 Å². The lowest BCUT2D eigenvalue weighted by Gasteiger charge is -2.12. The molecule has 1 amide bonds. The highest BCUT2D eigenvalue weighted by Gasteiger charge is 2.15. The number of allylic oxidation sites excluding steroid dienone is 1. The Labute approximate surface area is 151 Å². The van der Waals surface area contributed by atoms with E-state index < -0.39 is 0 Å². The third-order valence-electron chi connectivity index (χ3n) is 4.22. The molecule has 4 nitrogen and oxygen atoms in total. The van der Waals surface area contributed by atoms with Crippen molar-refractivity contribution in [1.82, 2.24) is 10.3 Å². The molecule has 3 rings (SSSR count). The van der Waals surface area contributed by atoms with Gasteiger partial charge >= 0.3 is 0 Å². The molecule has 2 aromatic rings. The topological polar surface area (TPSA) is 54.0 Å². The fourth-order valence-electron chi connectivity index (χ4n) is 2.87. The zero-order chi connectivity index (χ0) is 17.6. The molecule has 1 aromatic carbocycles. The van der Waals surface area contributed by atoms with Crippen LogP contribution in [0.15, 0.2) is 35.9 Å². The number of benzene rings is 1. The molecule has 0 bridgehead atoms. The zero-order valence-electron chi connectivity index (χ0n) is 14.3. The van der Waals surface area contributed by atoms with Crippen LogP contribution in [0.3, 0.4) is 0 Å². The van der Waals surface area contributed by atoms with E-state index in [0.717, 1.165) is 24.9 Å². The first-order valence-corrected chi connectivity index (χ1v) is 9.39. The second kappa shape index (κ2) is 8.25. The largest absolute Gasteiger partial charge is 0.351 e. The summed E-state index contributed by atoms with van der Waals surface area (Å²) in [4.78, 5) is 17.4. The van der Waals surface area contributed by atoms with Crippen molar-refractivity contribution in [2.75, 3.05) is 11.9 Å². The summed E-state index contributed by atoms with van der Waals surface area (Å²) in [6, 6.07) is 6.06. The molecule has 1 aliphatic carbocycles. The molecule has 1 aromatic heterocycles. The number of hydrogen-bond donors (Lipinski definition) is 2. The third kappa shape index (κ3) is 4.89. The van der Waals surface area contributed by atoms with E-state index >= 15 is 0 Å². The van der Waals surface area contributed by atoms with Gasteiger partial charge in [0.05, 0.1) is 5.69 Å². The Morgan fingerprint density at radius 2 is 2.08 bits per heavy atom. The van der Waals surface area contributed by atoms with Crippen LogP contribution < -0.4 is 10.6 Å². The van der Waals surface area contributed by atoms with Gasteiger partial charge in [-0.1, -0.05) is 23.0 Å². The van der Waals surface area contributed by atoms with Crippen LogP contribution in [0.4, 0.5) is 15.2 Å². The third-order valence-corrected chi connectivity index (χ3v) is 5.29. The van der Waals surface area contributed by atoms with Crippen molar-refractivity contribution in [3.63, 3.8) is 0 Å². The molecule has 0 radical (unpaired) electrons. The number of anilines is 2. The summed E-state index contributed by atoms with van der Waals surface area (Å²) in [5.41, 5.74) is 2.89. The number of amides is 1. The van der Waals surface area contributed by atoms with Crippen molar-refractivity contribution in [3.8, 4) is 0 Å². The van der Waals surface area contributed by atoms with E-state index in [0.29, 0.717) is 22.2 Å². The number of aromatic nitrogens is 1. The van der Waals surface area contributed by atoms with Crippen molar-refractivity contribution < 1.29 is 9.18 Å². The van der Waals surface area contributed by atoms with Gasteiger partial charge in [-0.2, -0.15) is 0 Å². The van der Waals surface area contributed by atoms with Crippen molar-refractivity contribution in [3.05, 3.63) is 52.3 Å². The van der Waals surface area contributed by atoms with Crippen LogP contribution in [0.25, 0.3) is 0 Å². The highest BCUT2D eigenvalue weighted by Crippen LogP contribution is 2.26. The van der Waals surface area contributed by atoms with Crippen LogP contribution in [0.2, 0.25) is 0 Å². The Hall–Kier alpha value is -2.21. The van der Waals surface area contributed by atoms with E-state index in [-0.39, 0.29) is 11.7 Å². The number of carbonyl (C=O) groups excluding carboxylic acids is 1. The zero-order valence-corrected chi connectivity index (χ0v) is 15.1. The molecule has 132 valence electrons. The number of nitrogens with one attached hydrogen (secondary N) is 2. The molecule has 0 aliphatic heterocycles. The smallest absolute Gasteiger partial charge is 0.263 e. The molecule has 1 aliphatic rings. The van der Waals surface area contributed by atoms with E-state index in [1.54, 1.807) is 12.1 Å². The van der Waals surface area contributed by atoms with E-state index in [4.69, 9.17) is 0 Å². The molecule has 0 spiro atoms. The molecule has 1 heterocycles. The lowest BCUT2D eigenvalue weighted by molar-refractivity contribution is 0.0957. The number of rotatable bonds is 6. The molecule has 0 fully saturated rings. The Kier molecular flexibility index (Phi) is 5.81. The molecule has 0 atom stereocenters. The van der Waals surface area contributed by atoms with Gasteiger partial charge in [0.1, 0.15) is 10.7 Å². The van der Waals surface area contributed by atoms with Gasteiger partial charge in [0, 0.05) is 12.2 Å². The summed E-state index contributed by atoms with van der Waals surface area (Å²) in [5.74, 6) is -0.368. The van der Waals surface area contributed by atoms with Gasteiger partial charge in [0.2, 0.25) is 0 Å². The predicted molar refractivity (Wildman–Crippen MR) is 100 cm³/mol. The van der Waals surface area contributed by atoms with Crippen LogP contribution in [0, 0.1) is 12.7 Å². The van der Waals surface area contributed by atoms with Gasteiger partial charge in [0.25, 0.3) is 5.91 Å². The molecule has 2 N–H and O–H groups in total. The first kappa shape index (κ1) is 17.6. The minimum absolute atomic E-state index is 0.0847. The summed E-state index contributed by atoms with van der Waals surface area (Å²) in [6.45, 7) is 2.48. The average molecular weight is 359 g/mol. The van der Waals surface area contributed by atoms with E-state index in [9.17, 15) is 9.18 Å². The minimum atomic E-state index is -0.283. The molecular weight excluding hydrogens is 337 g/mol. The number of halogens is 1. The average Bonchev–Trinajstić information content (AvgIpc) is 2.98. The summed E-state index contributed by atoms with van der Waals surface area (Å²) >= 11 is 1.31. The van der Waals surface area contributed by atoms with E-state index in [2.05, 4.69) is 21.7 Å². The van der Waals surface area contributed by atoms with Crippen LogP contribution >= 0.6 is 11.3 Å². The molecule has 0 saturated carbocycles. The van der Waals surface area contributed by atoms with Crippen LogP contribution in [0.5, 0.6) is 0 Å². The standard InChI is InChI=1S/C19H22FN3OS/c1-13-17(18(24)21-12-11-14-5-3-2-4-6-14)25-19(22-13)23-16-9-7-15(20)8-10-16/h5,7-10H,2-4,6,11-12H2,1H3,(H,21,24)(H,22,23). The quantitative estimate of drug-likeness (QED) is 0.717. The molecule has 6 heteroatoms. The maximum atomic E-state index is 13.0. The minimum Gasteiger partial charge on any atom is -0.351 e. The lowest BCUT2D eigenvalue weighted by Crippen LogP contribution is -2.24. The van der Waals surface area contributed by atoms with Gasteiger partial charge in [0.15, 0.2) is 5.13 Å². The predicted octanol–water partition coefficient (Wildman–Crippen LogP) is 4.95. The number of nitrogens with zero attached hydrogens (tertiary/aromatic N) is 1. The number of hydrogen-bond acceptors (Lipinski definition) is 4. The highest BCUT2D eigenvalue weighted by atomic mass is 32.1. The normalized spacial score (nSPS) is 14.1. The van der Waals surface area contributed by atoms with Crippen molar-refractivity contribution in [1.29, 1.82) is 0 Å². The van der Waals surface area contributed by atoms with Gasteiger partial charge < -0.3 is 10.6 Å². The Balaban J connectivity index is 1.56. The summed E-state index contributed by atoms with van der Waals surface area (Å²) < 4.78 is 13.0. The fraction of sp³-hybridized carbons (Fsp3) is 0.368. The van der Waals surface area contributed by atoms with Crippen LogP contribution in [-0.2, 0) is 0 Å². The number of carbonyl (C=O) groups is 1. The van der Waals surface area contributed by atoms with Crippen LogP contribution in [0.1, 0.15) is 47.5 Å². The summed E-state index contributed by atoms with van der Waals surface area (Å²) in [7, 11) is 0. The van der Waals surface area contributed by atoms with Crippen LogP contribution in [-0.4, -0.2) is 17.4 Å². The van der Waals surface area contributed by atoms with Gasteiger partial charge in [-0.25, -0.2) is 9.37 Å². The van der Waals surface area contributed by atoms with E-state index in [1.165, 1.54) is 41.9 Å². The van der Waals surface area contributed by atoms with Crippen molar-refractivity contribution >= 4 is 28.1 Å². The van der Waals surface area contributed by atoms with Gasteiger partial charge in [-0.3, -0.25) is 4.79 Å². The molecular formula is C19H22FN3OS. The Morgan fingerprint density at radius 1 is 1.28 bits per heavy atom. The van der Waals surface area contributed by atoms with Gasteiger partial charge in [-0.15, -0.1) is 0 Å². The van der Waals surface area contributed by atoms with E-state index in [1.807, 2.05) is 6.92 Å².